The number of hydrogen-bond acceptors (Lipinski definition) is 3. The highest BCUT2D eigenvalue weighted by Crippen LogP contribution is 2.13. The van der Waals surface area contributed by atoms with Gasteiger partial charge in [-0.1, -0.05) is 12.1 Å². The molecule has 1 N–H and O–H groups in total. The minimum absolute atomic E-state index is 0.125. The molecule has 1 rings (SSSR count). The predicted octanol–water partition coefficient (Wildman–Crippen LogP) is 2.39. The van der Waals surface area contributed by atoms with E-state index in [9.17, 15) is 4.79 Å². The molecule has 6 heteroatoms. The number of aryl methyl sites for hydroxylation is 1. The molecule has 0 saturated heterocycles. The molecule has 0 atom stereocenters. The number of likely N-dealkylation sites (N-methyl/N-ethyl adjacent to an activating group) is 2. The lowest BCUT2D eigenvalue weighted by atomic mass is 10.1. The lowest BCUT2D eigenvalue weighted by Crippen LogP contribution is -2.45. The summed E-state index contributed by atoms with van der Waals surface area (Å²) in [7, 11) is 3.59. The normalized spacial score (nSPS) is 11.2. The maximum Gasteiger partial charge on any atom is 0.242 e. The number of ether oxygens (including phenoxy) is 1. The number of aliphatic imine (C=N–C) groups is 1. The van der Waals surface area contributed by atoms with Crippen LogP contribution in [0.3, 0.4) is 0 Å². The van der Waals surface area contributed by atoms with Gasteiger partial charge in [0.2, 0.25) is 5.91 Å². The average Bonchev–Trinajstić information content (AvgIpc) is 2.65. The van der Waals surface area contributed by atoms with Crippen LogP contribution in [0.4, 0.5) is 0 Å². The van der Waals surface area contributed by atoms with E-state index in [1.54, 1.807) is 7.11 Å². The Morgan fingerprint density at radius 1 is 1.23 bits per heavy atom. The third-order valence-corrected chi connectivity index (χ3v) is 4.20. The van der Waals surface area contributed by atoms with Crippen LogP contribution < -0.4 is 10.1 Å². The van der Waals surface area contributed by atoms with Gasteiger partial charge in [-0.25, -0.2) is 0 Å². The lowest BCUT2D eigenvalue weighted by molar-refractivity contribution is -0.131. The molecule has 0 saturated carbocycles. The third-order valence-electron chi connectivity index (χ3n) is 4.20. The van der Waals surface area contributed by atoms with E-state index in [-0.39, 0.29) is 5.91 Å². The molecule has 0 fully saturated rings. The maximum absolute atomic E-state index is 12.3. The van der Waals surface area contributed by atoms with E-state index < -0.39 is 0 Å². The molecule has 0 radical (unpaired) electrons. The molecule has 6 nitrogen and oxygen atoms in total. The van der Waals surface area contributed by atoms with Crippen molar-refractivity contribution < 1.29 is 9.53 Å². The summed E-state index contributed by atoms with van der Waals surface area (Å²) in [6.07, 6.45) is 1.89. The number of amides is 1. The first-order chi connectivity index (χ1) is 12.5. The number of guanidine groups is 1. The quantitative estimate of drug-likeness (QED) is 0.394. The van der Waals surface area contributed by atoms with Gasteiger partial charge >= 0.3 is 0 Å². The average molecular weight is 363 g/mol. The Kier molecular flexibility index (Phi) is 10.2. The molecule has 0 aliphatic heterocycles. The molecule has 0 unspecified atom stereocenters. The second-order valence-electron chi connectivity index (χ2n) is 6.11. The Morgan fingerprint density at radius 3 is 2.58 bits per heavy atom. The minimum atomic E-state index is 0.125. The number of hydrogen-bond donors (Lipinski definition) is 1. The summed E-state index contributed by atoms with van der Waals surface area (Å²) < 4.78 is 5.26. The van der Waals surface area contributed by atoms with Crippen molar-refractivity contribution in [3.8, 4) is 5.75 Å². The lowest BCUT2D eigenvalue weighted by Gasteiger charge is -2.25. The molecule has 0 bridgehead atoms. The second-order valence-corrected chi connectivity index (χ2v) is 6.11. The van der Waals surface area contributed by atoms with Crippen molar-refractivity contribution in [1.82, 2.24) is 15.1 Å². The van der Waals surface area contributed by atoms with Crippen molar-refractivity contribution in [1.29, 1.82) is 0 Å². The monoisotopic (exact) mass is 362 g/mol. The van der Waals surface area contributed by atoms with Gasteiger partial charge in [-0.05, 0) is 51.3 Å². The summed E-state index contributed by atoms with van der Waals surface area (Å²) in [5.41, 5.74) is 1.25. The summed E-state index contributed by atoms with van der Waals surface area (Å²) in [6, 6.07) is 8.12. The Hall–Kier alpha value is -2.24. The van der Waals surface area contributed by atoms with E-state index in [0.717, 1.165) is 44.2 Å². The van der Waals surface area contributed by atoms with Crippen molar-refractivity contribution >= 4 is 11.9 Å². The number of benzene rings is 1. The molecule has 0 heterocycles. The van der Waals surface area contributed by atoms with Gasteiger partial charge in [0.1, 0.15) is 5.75 Å². The molecule has 0 aliphatic carbocycles. The van der Waals surface area contributed by atoms with Crippen molar-refractivity contribution in [3.63, 3.8) is 0 Å². The summed E-state index contributed by atoms with van der Waals surface area (Å²) in [4.78, 5) is 20.7. The highest BCUT2D eigenvalue weighted by atomic mass is 16.5. The van der Waals surface area contributed by atoms with Gasteiger partial charge in [0.25, 0.3) is 0 Å². The topological polar surface area (TPSA) is 57.2 Å². The number of nitrogens with zero attached hydrogens (tertiary/aromatic N) is 3. The molecular formula is C20H34N4O2. The van der Waals surface area contributed by atoms with Gasteiger partial charge in [0.05, 0.1) is 13.7 Å². The standard InChI is InChI=1S/C20H34N4O2/c1-6-21-20(23(4)16-19(25)24(7-2)8-3)22-14-10-12-17-11-9-13-18(15-17)26-5/h9,11,13,15H,6-8,10,12,14,16H2,1-5H3,(H,21,22). The molecular weight excluding hydrogens is 328 g/mol. The van der Waals surface area contributed by atoms with Crippen molar-refractivity contribution in [3.05, 3.63) is 29.8 Å². The fraction of sp³-hybridized carbons (Fsp3) is 0.600. The van der Waals surface area contributed by atoms with Gasteiger partial charge in [-0.15, -0.1) is 0 Å². The largest absolute Gasteiger partial charge is 0.497 e. The smallest absolute Gasteiger partial charge is 0.242 e. The van der Waals surface area contributed by atoms with Crippen LogP contribution in [0.25, 0.3) is 0 Å². The fourth-order valence-corrected chi connectivity index (χ4v) is 2.72. The predicted molar refractivity (Wildman–Crippen MR) is 108 cm³/mol. The number of rotatable bonds is 10. The van der Waals surface area contributed by atoms with Gasteiger partial charge < -0.3 is 19.9 Å². The zero-order valence-electron chi connectivity index (χ0n) is 16.9. The number of carbonyl (C=O) groups is 1. The summed E-state index contributed by atoms with van der Waals surface area (Å²) in [5.74, 6) is 1.78. The zero-order chi connectivity index (χ0) is 19.4. The first-order valence-electron chi connectivity index (χ1n) is 9.45. The first-order valence-corrected chi connectivity index (χ1v) is 9.45. The Bertz CT molecular complexity index is 571. The third kappa shape index (κ3) is 7.33. The maximum atomic E-state index is 12.3. The van der Waals surface area contributed by atoms with Crippen LogP contribution in [0.1, 0.15) is 32.8 Å². The van der Waals surface area contributed by atoms with E-state index >= 15 is 0 Å². The van der Waals surface area contributed by atoms with Gasteiger partial charge in [0.15, 0.2) is 5.96 Å². The van der Waals surface area contributed by atoms with E-state index in [1.165, 1.54) is 5.56 Å². The summed E-state index contributed by atoms with van der Waals surface area (Å²) >= 11 is 0. The molecule has 146 valence electrons. The van der Waals surface area contributed by atoms with E-state index in [1.807, 2.05) is 49.8 Å². The molecule has 26 heavy (non-hydrogen) atoms. The number of methoxy groups -OCH3 is 1. The summed E-state index contributed by atoms with van der Waals surface area (Å²) in [6.45, 7) is 9.32. The Balaban J connectivity index is 2.57. The van der Waals surface area contributed by atoms with Crippen molar-refractivity contribution in [2.75, 3.05) is 46.9 Å². The molecule has 1 amide bonds. The summed E-state index contributed by atoms with van der Waals surface area (Å²) in [5, 5.41) is 3.26. The highest BCUT2D eigenvalue weighted by molar-refractivity contribution is 5.86. The van der Waals surface area contributed by atoms with Crippen LogP contribution in [0.2, 0.25) is 0 Å². The zero-order valence-corrected chi connectivity index (χ0v) is 16.9. The Morgan fingerprint density at radius 2 is 1.96 bits per heavy atom. The minimum Gasteiger partial charge on any atom is -0.497 e. The van der Waals surface area contributed by atoms with Crippen LogP contribution in [-0.4, -0.2) is 68.5 Å². The van der Waals surface area contributed by atoms with E-state index in [0.29, 0.717) is 13.1 Å². The first kappa shape index (κ1) is 21.8. The molecule has 1 aromatic rings. The highest BCUT2D eigenvalue weighted by Gasteiger charge is 2.14. The van der Waals surface area contributed by atoms with Crippen molar-refractivity contribution in [2.45, 2.75) is 33.6 Å². The fourth-order valence-electron chi connectivity index (χ4n) is 2.72. The molecule has 0 aliphatic rings. The number of nitrogens with one attached hydrogen (secondary N) is 1. The molecule has 1 aromatic carbocycles. The van der Waals surface area contributed by atoms with E-state index in [4.69, 9.17) is 4.74 Å². The SMILES string of the molecule is CCNC(=NCCCc1cccc(OC)c1)N(C)CC(=O)N(CC)CC. The van der Waals surface area contributed by atoms with Gasteiger partial charge in [-0.2, -0.15) is 0 Å². The Labute approximate surface area is 158 Å². The molecule has 0 aromatic heterocycles. The van der Waals surface area contributed by atoms with Crippen LogP contribution >= 0.6 is 0 Å². The van der Waals surface area contributed by atoms with E-state index in [2.05, 4.69) is 22.4 Å². The van der Waals surface area contributed by atoms with Gasteiger partial charge in [-0.3, -0.25) is 9.79 Å². The van der Waals surface area contributed by atoms with Crippen LogP contribution in [0.15, 0.2) is 29.3 Å². The second kappa shape index (κ2) is 12.2. The van der Waals surface area contributed by atoms with Crippen LogP contribution in [0, 0.1) is 0 Å². The molecule has 0 spiro atoms. The number of carbonyl (C=O) groups excluding carboxylic acids is 1. The van der Waals surface area contributed by atoms with Crippen LogP contribution in [-0.2, 0) is 11.2 Å². The van der Waals surface area contributed by atoms with Gasteiger partial charge in [0, 0.05) is 33.2 Å². The van der Waals surface area contributed by atoms with Crippen LogP contribution in [0.5, 0.6) is 5.75 Å². The van der Waals surface area contributed by atoms with Crippen molar-refractivity contribution in [2.24, 2.45) is 4.99 Å².